The van der Waals surface area contributed by atoms with Crippen LogP contribution in [0.5, 0.6) is 0 Å². The molecule has 0 radical (unpaired) electrons. The first-order chi connectivity index (χ1) is 9.33. The van der Waals surface area contributed by atoms with Gasteiger partial charge in [0.05, 0.1) is 0 Å². The molecule has 0 bridgehead atoms. The molecule has 1 aromatic heterocycles. The van der Waals surface area contributed by atoms with Crippen molar-refractivity contribution in [2.45, 2.75) is 31.6 Å². The van der Waals surface area contributed by atoms with Gasteiger partial charge in [0.1, 0.15) is 0 Å². The Balaban J connectivity index is 2.54. The zero-order valence-electron chi connectivity index (χ0n) is 11.5. The summed E-state index contributed by atoms with van der Waals surface area (Å²) >= 11 is 0. The smallest absolute Gasteiger partial charge is 0.0308 e. The monoisotopic (exact) mass is 254 g/mol. The van der Waals surface area contributed by atoms with Gasteiger partial charge in [-0.25, -0.2) is 0 Å². The summed E-state index contributed by atoms with van der Waals surface area (Å²) in [7, 11) is 0. The van der Waals surface area contributed by atoms with Crippen molar-refractivity contribution in [3.8, 4) is 0 Å². The summed E-state index contributed by atoms with van der Waals surface area (Å²) in [5.74, 6) is 0. The summed E-state index contributed by atoms with van der Waals surface area (Å²) in [4.78, 5) is 4.30. The number of pyridine rings is 1. The van der Waals surface area contributed by atoms with Gasteiger partial charge in [0, 0.05) is 17.8 Å². The fraction of sp³-hybridized carbons (Fsp3) is 0.353. The first-order valence-electron chi connectivity index (χ1n) is 6.99. The molecule has 0 saturated heterocycles. The molecule has 0 fully saturated rings. The average molecular weight is 254 g/mol. The van der Waals surface area contributed by atoms with E-state index in [1.807, 2.05) is 18.5 Å². The molecule has 1 atom stereocenters. The number of hydrogen-bond donors (Lipinski definition) is 1. The second-order valence-electron chi connectivity index (χ2n) is 4.98. The van der Waals surface area contributed by atoms with Gasteiger partial charge in [-0.3, -0.25) is 4.98 Å². The standard InChI is InChI=1S/C17H22N2/c1-2-10-17(11-12-18,15-7-4-3-5-8-15)16-9-6-13-19-14-16/h3-9,13-14H,2,10-12,18H2,1H3. The van der Waals surface area contributed by atoms with Crippen molar-refractivity contribution in [3.05, 3.63) is 66.0 Å². The molecule has 1 aromatic carbocycles. The van der Waals surface area contributed by atoms with Crippen molar-refractivity contribution in [2.24, 2.45) is 5.73 Å². The van der Waals surface area contributed by atoms with E-state index in [2.05, 4.69) is 48.3 Å². The summed E-state index contributed by atoms with van der Waals surface area (Å²) in [6, 6.07) is 14.9. The van der Waals surface area contributed by atoms with E-state index in [4.69, 9.17) is 5.73 Å². The quantitative estimate of drug-likeness (QED) is 0.856. The van der Waals surface area contributed by atoms with Crippen LogP contribution >= 0.6 is 0 Å². The number of aromatic nitrogens is 1. The van der Waals surface area contributed by atoms with Crippen LogP contribution in [-0.4, -0.2) is 11.5 Å². The maximum absolute atomic E-state index is 5.90. The minimum Gasteiger partial charge on any atom is -0.330 e. The van der Waals surface area contributed by atoms with Gasteiger partial charge >= 0.3 is 0 Å². The van der Waals surface area contributed by atoms with Gasteiger partial charge < -0.3 is 5.73 Å². The van der Waals surface area contributed by atoms with E-state index >= 15 is 0 Å². The molecular weight excluding hydrogens is 232 g/mol. The van der Waals surface area contributed by atoms with Crippen LogP contribution in [0.25, 0.3) is 0 Å². The van der Waals surface area contributed by atoms with Crippen LogP contribution in [-0.2, 0) is 5.41 Å². The predicted molar refractivity (Wildman–Crippen MR) is 80.0 cm³/mol. The molecule has 0 saturated carbocycles. The van der Waals surface area contributed by atoms with Crippen molar-refractivity contribution in [2.75, 3.05) is 6.54 Å². The molecule has 100 valence electrons. The van der Waals surface area contributed by atoms with Crippen LogP contribution in [0.3, 0.4) is 0 Å². The topological polar surface area (TPSA) is 38.9 Å². The van der Waals surface area contributed by atoms with Crippen LogP contribution in [0.1, 0.15) is 37.3 Å². The molecule has 0 aliphatic rings. The van der Waals surface area contributed by atoms with E-state index in [9.17, 15) is 0 Å². The Morgan fingerprint density at radius 3 is 2.32 bits per heavy atom. The maximum Gasteiger partial charge on any atom is 0.0308 e. The van der Waals surface area contributed by atoms with Crippen molar-refractivity contribution in [1.82, 2.24) is 4.98 Å². The zero-order valence-corrected chi connectivity index (χ0v) is 11.5. The van der Waals surface area contributed by atoms with E-state index in [0.717, 1.165) is 19.3 Å². The van der Waals surface area contributed by atoms with E-state index in [1.165, 1.54) is 11.1 Å². The molecule has 2 aromatic rings. The Kier molecular flexibility index (Phi) is 4.69. The lowest BCUT2D eigenvalue weighted by atomic mass is 9.69. The maximum atomic E-state index is 5.90. The highest BCUT2D eigenvalue weighted by molar-refractivity contribution is 5.38. The molecular formula is C17H22N2. The van der Waals surface area contributed by atoms with Crippen LogP contribution < -0.4 is 5.73 Å². The normalized spacial score (nSPS) is 14.0. The fourth-order valence-corrected chi connectivity index (χ4v) is 2.95. The SMILES string of the molecule is CCCC(CCN)(c1ccccc1)c1cccnc1. The summed E-state index contributed by atoms with van der Waals surface area (Å²) in [6.45, 7) is 2.91. The molecule has 2 N–H and O–H groups in total. The van der Waals surface area contributed by atoms with Crippen LogP contribution in [0.2, 0.25) is 0 Å². The molecule has 0 spiro atoms. The Bertz CT molecular complexity index is 432. The Hall–Kier alpha value is -1.67. The largest absolute Gasteiger partial charge is 0.330 e. The van der Waals surface area contributed by atoms with Gasteiger partial charge in [-0.05, 0) is 36.6 Å². The van der Waals surface area contributed by atoms with Gasteiger partial charge in [-0.1, -0.05) is 49.7 Å². The van der Waals surface area contributed by atoms with Crippen LogP contribution in [0.4, 0.5) is 0 Å². The molecule has 2 rings (SSSR count). The minimum absolute atomic E-state index is 0.000972. The molecule has 0 aliphatic heterocycles. The third kappa shape index (κ3) is 2.85. The third-order valence-corrected chi connectivity index (χ3v) is 3.79. The molecule has 2 nitrogen and oxygen atoms in total. The number of nitrogens with two attached hydrogens (primary N) is 1. The lowest BCUT2D eigenvalue weighted by Gasteiger charge is -2.34. The van der Waals surface area contributed by atoms with Crippen LogP contribution in [0.15, 0.2) is 54.9 Å². The van der Waals surface area contributed by atoms with E-state index in [-0.39, 0.29) is 5.41 Å². The molecule has 2 heteroatoms. The average Bonchev–Trinajstić information content (AvgIpc) is 2.49. The summed E-state index contributed by atoms with van der Waals surface area (Å²) in [6.07, 6.45) is 6.99. The summed E-state index contributed by atoms with van der Waals surface area (Å²) in [5, 5.41) is 0. The number of benzene rings is 1. The van der Waals surface area contributed by atoms with Gasteiger partial charge in [0.15, 0.2) is 0 Å². The Morgan fingerprint density at radius 2 is 1.74 bits per heavy atom. The molecule has 19 heavy (non-hydrogen) atoms. The van der Waals surface area contributed by atoms with Crippen LogP contribution in [0, 0.1) is 0 Å². The first-order valence-corrected chi connectivity index (χ1v) is 6.99. The third-order valence-electron chi connectivity index (χ3n) is 3.79. The van der Waals surface area contributed by atoms with E-state index in [0.29, 0.717) is 6.54 Å². The van der Waals surface area contributed by atoms with E-state index in [1.54, 1.807) is 0 Å². The number of hydrogen-bond acceptors (Lipinski definition) is 2. The Labute approximate surface area is 115 Å². The van der Waals surface area contributed by atoms with Crippen molar-refractivity contribution in [1.29, 1.82) is 0 Å². The van der Waals surface area contributed by atoms with Gasteiger partial charge in [0.25, 0.3) is 0 Å². The minimum atomic E-state index is -0.000972. The molecule has 1 heterocycles. The number of rotatable bonds is 6. The van der Waals surface area contributed by atoms with Gasteiger partial charge in [-0.15, -0.1) is 0 Å². The van der Waals surface area contributed by atoms with Crippen molar-refractivity contribution >= 4 is 0 Å². The van der Waals surface area contributed by atoms with E-state index < -0.39 is 0 Å². The predicted octanol–water partition coefficient (Wildman–Crippen LogP) is 3.52. The van der Waals surface area contributed by atoms with Crippen molar-refractivity contribution in [3.63, 3.8) is 0 Å². The second-order valence-corrected chi connectivity index (χ2v) is 4.98. The van der Waals surface area contributed by atoms with Gasteiger partial charge in [0.2, 0.25) is 0 Å². The molecule has 0 amide bonds. The highest BCUT2D eigenvalue weighted by Crippen LogP contribution is 2.39. The summed E-state index contributed by atoms with van der Waals surface area (Å²) in [5.41, 5.74) is 8.51. The number of nitrogens with zero attached hydrogens (tertiary/aromatic N) is 1. The summed E-state index contributed by atoms with van der Waals surface area (Å²) < 4.78 is 0. The highest BCUT2D eigenvalue weighted by atomic mass is 14.6. The zero-order chi connectivity index (χ0) is 13.6. The van der Waals surface area contributed by atoms with Crippen molar-refractivity contribution < 1.29 is 0 Å². The molecule has 1 unspecified atom stereocenters. The lowest BCUT2D eigenvalue weighted by molar-refractivity contribution is 0.436. The molecule has 0 aliphatic carbocycles. The highest BCUT2D eigenvalue weighted by Gasteiger charge is 2.32. The Morgan fingerprint density at radius 1 is 1.00 bits per heavy atom. The van der Waals surface area contributed by atoms with Gasteiger partial charge in [-0.2, -0.15) is 0 Å². The lowest BCUT2D eigenvalue weighted by Crippen LogP contribution is -2.30. The second kappa shape index (κ2) is 6.48. The first kappa shape index (κ1) is 13.8. The fourth-order valence-electron chi connectivity index (χ4n) is 2.95.